The van der Waals surface area contributed by atoms with E-state index in [1.54, 1.807) is 18.2 Å². The molecule has 0 aliphatic heterocycles. The molecule has 0 atom stereocenters. The second kappa shape index (κ2) is 6.20. The Morgan fingerprint density at radius 2 is 1.63 bits per heavy atom. The zero-order valence-corrected chi connectivity index (χ0v) is 10.0. The molecule has 0 spiro atoms. The first-order chi connectivity index (χ1) is 9.25. The molecule has 0 unspecified atom stereocenters. The number of carbonyl (C=O) groups excluding carboxylic acids is 1. The van der Waals surface area contributed by atoms with Crippen LogP contribution in [0.4, 0.5) is 0 Å². The SMILES string of the molecule is NC(=O)/C=N\Oc1ccccc1Oc1ccccc1. The van der Waals surface area contributed by atoms with Crippen molar-refractivity contribution in [2.24, 2.45) is 10.9 Å². The lowest BCUT2D eigenvalue weighted by Crippen LogP contribution is -2.12. The van der Waals surface area contributed by atoms with Crippen LogP contribution in [0, 0.1) is 0 Å². The van der Waals surface area contributed by atoms with Crippen molar-refractivity contribution >= 4 is 12.1 Å². The average molecular weight is 256 g/mol. The fourth-order valence-electron chi connectivity index (χ4n) is 1.36. The number of ether oxygens (including phenoxy) is 1. The molecular weight excluding hydrogens is 244 g/mol. The molecule has 0 aliphatic carbocycles. The molecule has 2 aromatic carbocycles. The second-order valence-electron chi connectivity index (χ2n) is 3.59. The van der Waals surface area contributed by atoms with E-state index in [9.17, 15) is 4.79 Å². The van der Waals surface area contributed by atoms with Gasteiger partial charge in [-0.3, -0.25) is 4.79 Å². The Hall–Kier alpha value is -2.82. The van der Waals surface area contributed by atoms with Crippen LogP contribution < -0.4 is 15.3 Å². The highest BCUT2D eigenvalue weighted by Crippen LogP contribution is 2.31. The summed E-state index contributed by atoms with van der Waals surface area (Å²) in [5.41, 5.74) is 4.92. The molecule has 0 saturated carbocycles. The summed E-state index contributed by atoms with van der Waals surface area (Å²) in [4.78, 5) is 15.6. The number of hydrogen-bond acceptors (Lipinski definition) is 4. The van der Waals surface area contributed by atoms with Crippen molar-refractivity contribution in [1.82, 2.24) is 0 Å². The second-order valence-corrected chi connectivity index (χ2v) is 3.59. The molecule has 2 aromatic rings. The van der Waals surface area contributed by atoms with E-state index in [4.69, 9.17) is 15.3 Å². The third kappa shape index (κ3) is 3.85. The van der Waals surface area contributed by atoms with E-state index in [-0.39, 0.29) is 0 Å². The van der Waals surface area contributed by atoms with E-state index in [0.29, 0.717) is 17.2 Å². The van der Waals surface area contributed by atoms with Crippen LogP contribution in [0.15, 0.2) is 59.8 Å². The Morgan fingerprint density at radius 1 is 1.00 bits per heavy atom. The number of carbonyl (C=O) groups is 1. The Morgan fingerprint density at radius 3 is 2.32 bits per heavy atom. The molecule has 19 heavy (non-hydrogen) atoms. The molecule has 1 amide bonds. The van der Waals surface area contributed by atoms with Crippen LogP contribution in [0.2, 0.25) is 0 Å². The summed E-state index contributed by atoms with van der Waals surface area (Å²) in [5, 5.41) is 3.46. The van der Waals surface area contributed by atoms with Crippen molar-refractivity contribution in [2.75, 3.05) is 0 Å². The van der Waals surface area contributed by atoms with Gasteiger partial charge in [0.1, 0.15) is 12.0 Å². The highest BCUT2D eigenvalue weighted by atomic mass is 16.6. The van der Waals surface area contributed by atoms with Gasteiger partial charge in [0.25, 0.3) is 5.91 Å². The summed E-state index contributed by atoms with van der Waals surface area (Å²) in [5.74, 6) is 0.887. The normalized spacial score (nSPS) is 10.3. The highest BCUT2D eigenvalue weighted by molar-refractivity contribution is 6.25. The Bertz CT molecular complexity index is 582. The lowest BCUT2D eigenvalue weighted by Gasteiger charge is -2.08. The first-order valence-corrected chi connectivity index (χ1v) is 5.57. The summed E-state index contributed by atoms with van der Waals surface area (Å²) in [6, 6.07) is 16.3. The van der Waals surface area contributed by atoms with Crippen LogP contribution in [0.1, 0.15) is 0 Å². The van der Waals surface area contributed by atoms with Gasteiger partial charge in [0.2, 0.25) is 0 Å². The van der Waals surface area contributed by atoms with E-state index in [1.165, 1.54) is 0 Å². The summed E-state index contributed by atoms with van der Waals surface area (Å²) in [7, 11) is 0. The van der Waals surface area contributed by atoms with E-state index in [1.807, 2.05) is 36.4 Å². The predicted octanol–water partition coefficient (Wildman–Crippen LogP) is 2.33. The van der Waals surface area contributed by atoms with Gasteiger partial charge in [0, 0.05) is 0 Å². The Kier molecular flexibility index (Phi) is 4.12. The van der Waals surface area contributed by atoms with Gasteiger partial charge in [-0.25, -0.2) is 0 Å². The highest BCUT2D eigenvalue weighted by Gasteiger charge is 2.05. The van der Waals surface area contributed by atoms with Crippen LogP contribution in [-0.2, 0) is 4.79 Å². The van der Waals surface area contributed by atoms with Gasteiger partial charge in [-0.2, -0.15) is 0 Å². The van der Waals surface area contributed by atoms with Crippen molar-refractivity contribution in [3.63, 3.8) is 0 Å². The number of oxime groups is 1. The number of nitrogens with two attached hydrogens (primary N) is 1. The maximum Gasteiger partial charge on any atom is 0.263 e. The third-order valence-electron chi connectivity index (χ3n) is 2.15. The number of para-hydroxylation sites is 3. The number of rotatable bonds is 5. The fraction of sp³-hybridized carbons (Fsp3) is 0. The average Bonchev–Trinajstić information content (AvgIpc) is 2.41. The van der Waals surface area contributed by atoms with Gasteiger partial charge >= 0.3 is 0 Å². The van der Waals surface area contributed by atoms with Crippen molar-refractivity contribution < 1.29 is 14.4 Å². The zero-order chi connectivity index (χ0) is 13.5. The minimum atomic E-state index is -0.679. The summed E-state index contributed by atoms with van der Waals surface area (Å²) in [6.07, 6.45) is 0.888. The third-order valence-corrected chi connectivity index (χ3v) is 2.15. The molecule has 2 N–H and O–H groups in total. The largest absolute Gasteiger partial charge is 0.453 e. The molecule has 0 bridgehead atoms. The number of primary amides is 1. The summed E-state index contributed by atoms with van der Waals surface area (Å²) < 4.78 is 5.65. The van der Waals surface area contributed by atoms with Crippen LogP contribution in [0.3, 0.4) is 0 Å². The van der Waals surface area contributed by atoms with Gasteiger partial charge < -0.3 is 15.3 Å². The van der Waals surface area contributed by atoms with Crippen molar-refractivity contribution in [1.29, 1.82) is 0 Å². The van der Waals surface area contributed by atoms with Gasteiger partial charge in [-0.15, -0.1) is 0 Å². The van der Waals surface area contributed by atoms with E-state index in [2.05, 4.69) is 5.16 Å². The molecule has 96 valence electrons. The number of hydrogen-bond donors (Lipinski definition) is 1. The molecule has 5 nitrogen and oxygen atoms in total. The van der Waals surface area contributed by atoms with E-state index >= 15 is 0 Å². The molecule has 0 aliphatic rings. The number of benzene rings is 2. The summed E-state index contributed by atoms with van der Waals surface area (Å²) in [6.45, 7) is 0. The van der Waals surface area contributed by atoms with Crippen LogP contribution in [0.25, 0.3) is 0 Å². The first kappa shape index (κ1) is 12.6. The smallest absolute Gasteiger partial charge is 0.263 e. The van der Waals surface area contributed by atoms with E-state index < -0.39 is 5.91 Å². The topological polar surface area (TPSA) is 73.9 Å². The predicted molar refractivity (Wildman–Crippen MR) is 71.3 cm³/mol. The minimum Gasteiger partial charge on any atom is -0.453 e. The monoisotopic (exact) mass is 256 g/mol. The van der Waals surface area contributed by atoms with Gasteiger partial charge in [0.05, 0.1) is 0 Å². The van der Waals surface area contributed by atoms with Gasteiger partial charge in [0.15, 0.2) is 11.5 Å². The lowest BCUT2D eigenvalue weighted by molar-refractivity contribution is -0.111. The van der Waals surface area contributed by atoms with Gasteiger partial charge in [-0.1, -0.05) is 35.5 Å². The maximum absolute atomic E-state index is 10.5. The fourth-order valence-corrected chi connectivity index (χ4v) is 1.36. The maximum atomic E-state index is 10.5. The standard InChI is InChI=1S/C14H12N2O3/c15-14(17)10-16-19-13-9-5-4-8-12(13)18-11-6-2-1-3-7-11/h1-10H,(H2,15,17)/b16-10-. The molecule has 0 fully saturated rings. The quantitative estimate of drug-likeness (QED) is 0.659. The minimum absolute atomic E-state index is 0.392. The van der Waals surface area contributed by atoms with Crippen LogP contribution in [0.5, 0.6) is 17.2 Å². The summed E-state index contributed by atoms with van der Waals surface area (Å²) >= 11 is 0. The molecule has 0 aromatic heterocycles. The molecule has 5 heteroatoms. The zero-order valence-electron chi connectivity index (χ0n) is 10.0. The Balaban J connectivity index is 2.14. The molecule has 0 saturated heterocycles. The molecule has 0 heterocycles. The molecule has 2 rings (SSSR count). The Labute approximate surface area is 110 Å². The van der Waals surface area contributed by atoms with Crippen molar-refractivity contribution in [3.05, 3.63) is 54.6 Å². The van der Waals surface area contributed by atoms with E-state index in [0.717, 1.165) is 6.21 Å². The first-order valence-electron chi connectivity index (χ1n) is 5.57. The van der Waals surface area contributed by atoms with Crippen molar-refractivity contribution in [3.8, 4) is 17.2 Å². The van der Waals surface area contributed by atoms with Crippen LogP contribution >= 0.6 is 0 Å². The lowest BCUT2D eigenvalue weighted by atomic mass is 10.3. The van der Waals surface area contributed by atoms with Gasteiger partial charge in [-0.05, 0) is 24.3 Å². The number of amides is 1. The molecular formula is C14H12N2O3. The van der Waals surface area contributed by atoms with Crippen molar-refractivity contribution in [2.45, 2.75) is 0 Å². The molecule has 0 radical (unpaired) electrons. The number of nitrogens with zero attached hydrogens (tertiary/aromatic N) is 1. The van der Waals surface area contributed by atoms with Crippen LogP contribution in [-0.4, -0.2) is 12.1 Å².